The Labute approximate surface area is 57.7 Å². The fourth-order valence-corrected chi connectivity index (χ4v) is 0.783. The van der Waals surface area contributed by atoms with Gasteiger partial charge in [-0.2, -0.15) is 4.79 Å². The van der Waals surface area contributed by atoms with Gasteiger partial charge >= 0.3 is 0 Å². The van der Waals surface area contributed by atoms with E-state index in [4.69, 9.17) is 0 Å². The van der Waals surface area contributed by atoms with Crippen LogP contribution in [0.15, 0.2) is 37.2 Å². The van der Waals surface area contributed by atoms with Crippen LogP contribution in [0.25, 0.3) is 0 Å². The van der Waals surface area contributed by atoms with Crippen molar-refractivity contribution in [1.82, 2.24) is 19.5 Å². The molecule has 4 nitrogen and oxygen atoms in total. The topological polar surface area (TPSA) is 35.6 Å². The SMILES string of the molecule is c1ccn(-n2cncn2)c1. The summed E-state index contributed by atoms with van der Waals surface area (Å²) in [5.74, 6) is 0. The minimum absolute atomic E-state index is 1.50. The quantitative estimate of drug-likeness (QED) is 0.565. The molecule has 0 amide bonds. The molecular weight excluding hydrogens is 128 g/mol. The molecule has 0 fully saturated rings. The lowest BCUT2D eigenvalue weighted by Gasteiger charge is -1.97. The smallest absolute Gasteiger partial charge is 0.139 e. The molecule has 2 rings (SSSR count). The highest BCUT2D eigenvalue weighted by Crippen LogP contribution is 1.88. The van der Waals surface area contributed by atoms with Crippen LogP contribution in [0.2, 0.25) is 0 Å². The first-order chi connectivity index (χ1) is 4.97. The Bertz CT molecular complexity index is 249. The minimum atomic E-state index is 1.50. The van der Waals surface area contributed by atoms with E-state index in [-0.39, 0.29) is 0 Å². The van der Waals surface area contributed by atoms with E-state index < -0.39 is 0 Å². The molecule has 2 aromatic heterocycles. The van der Waals surface area contributed by atoms with Crippen molar-refractivity contribution < 1.29 is 0 Å². The summed E-state index contributed by atoms with van der Waals surface area (Å²) in [5.41, 5.74) is 0. The second-order valence-electron chi connectivity index (χ2n) is 1.88. The summed E-state index contributed by atoms with van der Waals surface area (Å²) in [6, 6.07) is 3.86. The van der Waals surface area contributed by atoms with Gasteiger partial charge in [-0.25, -0.2) is 9.66 Å². The third-order valence-electron chi connectivity index (χ3n) is 1.23. The first-order valence-corrected chi connectivity index (χ1v) is 2.95. The Hall–Kier alpha value is -1.58. The van der Waals surface area contributed by atoms with Crippen molar-refractivity contribution in [3.63, 3.8) is 0 Å². The number of rotatable bonds is 1. The molecule has 0 radical (unpaired) electrons. The Balaban J connectivity index is 2.48. The fraction of sp³-hybridized carbons (Fsp3) is 0. The van der Waals surface area contributed by atoms with Gasteiger partial charge in [0.1, 0.15) is 12.7 Å². The Morgan fingerprint density at radius 1 is 1.10 bits per heavy atom. The largest absolute Gasteiger partial charge is 0.247 e. The number of nitrogens with zero attached hydrogens (tertiary/aromatic N) is 4. The zero-order valence-corrected chi connectivity index (χ0v) is 5.25. The molecule has 2 aromatic rings. The first kappa shape index (κ1) is 5.22. The van der Waals surface area contributed by atoms with Crippen LogP contribution in [-0.2, 0) is 0 Å². The van der Waals surface area contributed by atoms with Gasteiger partial charge in [0.2, 0.25) is 0 Å². The van der Waals surface area contributed by atoms with E-state index in [9.17, 15) is 0 Å². The van der Waals surface area contributed by atoms with Gasteiger partial charge in [0.05, 0.1) is 0 Å². The van der Waals surface area contributed by atoms with Crippen LogP contribution in [0.1, 0.15) is 0 Å². The normalized spacial score (nSPS) is 10.0. The van der Waals surface area contributed by atoms with Gasteiger partial charge < -0.3 is 0 Å². The second-order valence-corrected chi connectivity index (χ2v) is 1.88. The van der Waals surface area contributed by atoms with Crippen molar-refractivity contribution in [3.05, 3.63) is 37.2 Å². The summed E-state index contributed by atoms with van der Waals surface area (Å²) in [6.45, 7) is 0. The summed E-state index contributed by atoms with van der Waals surface area (Å²) in [6.07, 6.45) is 6.93. The highest BCUT2D eigenvalue weighted by atomic mass is 15.6. The highest BCUT2D eigenvalue weighted by molar-refractivity contribution is 4.90. The molecule has 0 aliphatic heterocycles. The molecule has 0 spiro atoms. The number of hydrogen-bond donors (Lipinski definition) is 0. The average molecular weight is 134 g/mol. The Morgan fingerprint density at radius 3 is 2.50 bits per heavy atom. The van der Waals surface area contributed by atoms with Crippen molar-refractivity contribution in [1.29, 1.82) is 0 Å². The monoisotopic (exact) mass is 134 g/mol. The van der Waals surface area contributed by atoms with Gasteiger partial charge in [-0.15, -0.1) is 5.10 Å². The maximum absolute atomic E-state index is 3.93. The summed E-state index contributed by atoms with van der Waals surface area (Å²) >= 11 is 0. The predicted octanol–water partition coefficient (Wildman–Crippen LogP) is 0.391. The van der Waals surface area contributed by atoms with Crippen molar-refractivity contribution in [2.75, 3.05) is 0 Å². The van der Waals surface area contributed by atoms with Gasteiger partial charge in [0, 0.05) is 12.4 Å². The molecule has 2 heterocycles. The molecule has 4 heteroatoms. The molecule has 0 aliphatic rings. The molecular formula is C6H6N4. The van der Waals surface area contributed by atoms with Crippen LogP contribution in [0, 0.1) is 0 Å². The van der Waals surface area contributed by atoms with Gasteiger partial charge in [-0.05, 0) is 12.1 Å². The Morgan fingerprint density at radius 2 is 1.90 bits per heavy atom. The highest BCUT2D eigenvalue weighted by Gasteiger charge is 1.88. The zero-order valence-electron chi connectivity index (χ0n) is 5.25. The molecule has 0 unspecified atom stereocenters. The standard InChI is InChI=1S/C6H6N4/c1-2-4-9(3-1)10-6-7-5-8-10/h1-6H. The summed E-state index contributed by atoms with van der Waals surface area (Å²) in [5, 5.41) is 3.93. The van der Waals surface area contributed by atoms with Gasteiger partial charge in [0.25, 0.3) is 0 Å². The minimum Gasteiger partial charge on any atom is -0.247 e. The third-order valence-corrected chi connectivity index (χ3v) is 1.23. The molecule has 10 heavy (non-hydrogen) atoms. The Kier molecular flexibility index (Phi) is 1.04. The molecule has 0 N–H and O–H groups in total. The van der Waals surface area contributed by atoms with Gasteiger partial charge in [-0.1, -0.05) is 0 Å². The average Bonchev–Trinajstić information content (AvgIpc) is 2.59. The maximum Gasteiger partial charge on any atom is 0.139 e. The van der Waals surface area contributed by atoms with Crippen molar-refractivity contribution in [2.24, 2.45) is 0 Å². The van der Waals surface area contributed by atoms with E-state index in [2.05, 4.69) is 10.1 Å². The van der Waals surface area contributed by atoms with E-state index >= 15 is 0 Å². The summed E-state index contributed by atoms with van der Waals surface area (Å²) in [4.78, 5) is 5.45. The van der Waals surface area contributed by atoms with Gasteiger partial charge in [-0.3, -0.25) is 0 Å². The number of hydrogen-bond acceptors (Lipinski definition) is 2. The van der Waals surface area contributed by atoms with Crippen LogP contribution >= 0.6 is 0 Å². The van der Waals surface area contributed by atoms with Crippen LogP contribution in [-0.4, -0.2) is 19.5 Å². The van der Waals surface area contributed by atoms with Gasteiger partial charge in [0.15, 0.2) is 0 Å². The summed E-state index contributed by atoms with van der Waals surface area (Å²) < 4.78 is 1.83. The second kappa shape index (κ2) is 1.98. The number of aromatic nitrogens is 4. The molecule has 0 aromatic carbocycles. The van der Waals surface area contributed by atoms with E-state index in [1.807, 2.05) is 29.2 Å². The fourth-order valence-electron chi connectivity index (χ4n) is 0.783. The first-order valence-electron chi connectivity index (χ1n) is 2.95. The lowest BCUT2D eigenvalue weighted by molar-refractivity contribution is 0.575. The van der Waals surface area contributed by atoms with Crippen LogP contribution in [0.4, 0.5) is 0 Å². The molecule has 0 bridgehead atoms. The van der Waals surface area contributed by atoms with E-state index in [0.29, 0.717) is 0 Å². The van der Waals surface area contributed by atoms with Crippen molar-refractivity contribution in [3.8, 4) is 0 Å². The molecule has 0 saturated heterocycles. The molecule has 0 saturated carbocycles. The van der Waals surface area contributed by atoms with Crippen molar-refractivity contribution >= 4 is 0 Å². The van der Waals surface area contributed by atoms with Crippen LogP contribution in [0.5, 0.6) is 0 Å². The van der Waals surface area contributed by atoms with E-state index in [1.165, 1.54) is 6.33 Å². The third kappa shape index (κ3) is 0.699. The molecule has 50 valence electrons. The van der Waals surface area contributed by atoms with E-state index in [1.54, 1.807) is 11.1 Å². The predicted molar refractivity (Wildman–Crippen MR) is 35.3 cm³/mol. The molecule has 0 atom stereocenters. The zero-order chi connectivity index (χ0) is 6.81. The lowest BCUT2D eigenvalue weighted by Crippen LogP contribution is -2.05. The lowest BCUT2D eigenvalue weighted by atomic mass is 10.7. The maximum atomic E-state index is 3.93. The van der Waals surface area contributed by atoms with Crippen LogP contribution < -0.4 is 0 Å². The van der Waals surface area contributed by atoms with Crippen molar-refractivity contribution in [2.45, 2.75) is 0 Å². The summed E-state index contributed by atoms with van der Waals surface area (Å²) in [7, 11) is 0. The molecule has 0 aliphatic carbocycles. The van der Waals surface area contributed by atoms with Crippen LogP contribution in [0.3, 0.4) is 0 Å². The van der Waals surface area contributed by atoms with E-state index in [0.717, 1.165) is 0 Å².